The zero-order valence-corrected chi connectivity index (χ0v) is 19.4. The van der Waals surface area contributed by atoms with Gasteiger partial charge in [0.15, 0.2) is 0 Å². The van der Waals surface area contributed by atoms with E-state index in [4.69, 9.17) is 32.7 Å². The third-order valence-corrected chi connectivity index (χ3v) is 5.44. The summed E-state index contributed by atoms with van der Waals surface area (Å²) in [6.07, 6.45) is 4.63. The van der Waals surface area contributed by atoms with E-state index in [1.807, 2.05) is 42.0 Å². The molecule has 4 rings (SSSR count). The molecular weight excluding hydrogens is 449 g/mol. The van der Waals surface area contributed by atoms with Gasteiger partial charge in [0.05, 0.1) is 31.9 Å². The zero-order valence-electron chi connectivity index (χ0n) is 17.8. The van der Waals surface area contributed by atoms with Gasteiger partial charge in [0, 0.05) is 29.1 Å². The van der Waals surface area contributed by atoms with Crippen molar-refractivity contribution in [2.24, 2.45) is 0 Å². The van der Waals surface area contributed by atoms with Gasteiger partial charge in [0.2, 0.25) is 0 Å². The lowest BCUT2D eigenvalue weighted by atomic mass is 10.1. The number of imidazole rings is 1. The number of benzene rings is 2. The van der Waals surface area contributed by atoms with E-state index in [0.29, 0.717) is 34.5 Å². The van der Waals surface area contributed by atoms with Gasteiger partial charge in [-0.3, -0.25) is 0 Å². The summed E-state index contributed by atoms with van der Waals surface area (Å²) in [5, 5.41) is 1.14. The first-order valence-corrected chi connectivity index (χ1v) is 10.6. The molecule has 2 aromatic carbocycles. The molecule has 0 amide bonds. The van der Waals surface area contributed by atoms with E-state index in [1.54, 1.807) is 25.6 Å². The normalized spacial score (nSPS) is 10.9. The molecule has 32 heavy (non-hydrogen) atoms. The molecule has 0 atom stereocenters. The predicted octanol–water partition coefficient (Wildman–Crippen LogP) is 4.87. The van der Waals surface area contributed by atoms with Crippen LogP contribution in [-0.4, -0.2) is 38.7 Å². The Balaban J connectivity index is 1.61. The molecule has 2 heterocycles. The van der Waals surface area contributed by atoms with Crippen LogP contribution in [0.4, 0.5) is 0 Å². The largest absolute Gasteiger partial charge is 0.495 e. The number of aryl methyl sites for hydroxylation is 1. The Kier molecular flexibility index (Phi) is 6.58. The molecule has 0 unspecified atom stereocenters. The van der Waals surface area contributed by atoms with Gasteiger partial charge in [-0.15, -0.1) is 0 Å². The minimum atomic E-state index is 0.257. The Bertz CT molecular complexity index is 1260. The lowest BCUT2D eigenvalue weighted by Crippen LogP contribution is -2.07. The van der Waals surface area contributed by atoms with E-state index >= 15 is 0 Å². The molecule has 2 aromatic heterocycles. The van der Waals surface area contributed by atoms with E-state index in [0.717, 1.165) is 28.3 Å². The van der Waals surface area contributed by atoms with E-state index in [9.17, 15) is 0 Å². The fourth-order valence-corrected chi connectivity index (χ4v) is 3.79. The highest BCUT2D eigenvalue weighted by atomic mass is 35.5. The second-order valence-corrected chi connectivity index (χ2v) is 8.02. The summed E-state index contributed by atoms with van der Waals surface area (Å²) in [6.45, 7) is 1.94. The number of nitrogens with zero attached hydrogens (tertiary/aromatic N) is 5. The minimum absolute atomic E-state index is 0.257. The summed E-state index contributed by atoms with van der Waals surface area (Å²) in [5.41, 5.74) is 3.70. The van der Waals surface area contributed by atoms with Gasteiger partial charge in [-0.2, -0.15) is 9.97 Å². The molecule has 0 saturated carbocycles. The lowest BCUT2D eigenvalue weighted by Gasteiger charge is -2.12. The molecule has 164 valence electrons. The van der Waals surface area contributed by atoms with Crippen molar-refractivity contribution in [3.63, 3.8) is 0 Å². The molecule has 0 radical (unpaired) electrons. The molecule has 0 saturated heterocycles. The highest BCUT2D eigenvalue weighted by Gasteiger charge is 2.13. The quantitative estimate of drug-likeness (QED) is 0.384. The monoisotopic (exact) mass is 469 g/mol. The van der Waals surface area contributed by atoms with Gasteiger partial charge in [0.25, 0.3) is 0 Å². The number of ether oxygens (including phenoxy) is 2. The Labute approximate surface area is 196 Å². The first-order chi connectivity index (χ1) is 15.4. The van der Waals surface area contributed by atoms with Crippen molar-refractivity contribution in [1.29, 1.82) is 0 Å². The van der Waals surface area contributed by atoms with E-state index in [2.05, 4.69) is 19.9 Å². The second kappa shape index (κ2) is 9.54. The third kappa shape index (κ3) is 5.00. The molecule has 0 aliphatic heterocycles. The van der Waals surface area contributed by atoms with Crippen molar-refractivity contribution >= 4 is 23.2 Å². The number of hydrogen-bond acceptors (Lipinski definition) is 6. The van der Waals surface area contributed by atoms with Gasteiger partial charge >= 0.3 is 6.01 Å². The van der Waals surface area contributed by atoms with Crippen molar-refractivity contribution in [2.75, 3.05) is 14.2 Å². The molecular formula is C23H21Cl2N5O2. The molecule has 4 aromatic rings. The molecule has 9 heteroatoms. The minimum Gasteiger partial charge on any atom is -0.495 e. The number of aromatic nitrogens is 5. The van der Waals surface area contributed by atoms with Crippen LogP contribution in [0.3, 0.4) is 0 Å². The lowest BCUT2D eigenvalue weighted by molar-refractivity contribution is 0.373. The summed E-state index contributed by atoms with van der Waals surface area (Å²) in [6, 6.07) is 11.6. The van der Waals surface area contributed by atoms with Crippen LogP contribution in [0, 0.1) is 6.92 Å². The number of rotatable bonds is 7. The Morgan fingerprint density at radius 1 is 0.906 bits per heavy atom. The van der Waals surface area contributed by atoms with Gasteiger partial charge in [-0.05, 0) is 42.3 Å². The van der Waals surface area contributed by atoms with E-state index < -0.39 is 0 Å². The van der Waals surface area contributed by atoms with Gasteiger partial charge < -0.3 is 14.0 Å². The molecule has 0 aliphatic carbocycles. The standard InChI is InChI=1S/C23H21Cl2N5O2/c1-14-12-30(13-26-14)19-7-4-15(8-20(19)31-2)9-21-27-22(29-23(28-21)32-3)10-16-5-6-17(24)11-18(16)25/h4-8,11-13H,9-10H2,1-3H3. The fourth-order valence-electron chi connectivity index (χ4n) is 3.31. The average Bonchev–Trinajstić information content (AvgIpc) is 3.21. The molecule has 7 nitrogen and oxygen atoms in total. The van der Waals surface area contributed by atoms with Crippen molar-refractivity contribution in [3.05, 3.63) is 87.4 Å². The van der Waals surface area contributed by atoms with Gasteiger partial charge in [-0.1, -0.05) is 35.3 Å². The van der Waals surface area contributed by atoms with Gasteiger partial charge in [-0.25, -0.2) is 9.97 Å². The maximum atomic E-state index is 6.32. The first-order valence-electron chi connectivity index (χ1n) is 9.85. The topological polar surface area (TPSA) is 75.0 Å². The molecule has 0 fully saturated rings. The van der Waals surface area contributed by atoms with Crippen LogP contribution in [0.2, 0.25) is 10.0 Å². The molecule has 0 N–H and O–H groups in total. The van der Waals surface area contributed by atoms with Crippen LogP contribution < -0.4 is 9.47 Å². The SMILES string of the molecule is COc1nc(Cc2ccc(-n3cnc(C)c3)c(OC)c2)nc(Cc2ccc(Cl)cc2Cl)n1. The third-order valence-electron chi connectivity index (χ3n) is 4.85. The number of halogens is 2. The molecule has 0 aliphatic rings. The summed E-state index contributed by atoms with van der Waals surface area (Å²) in [5.74, 6) is 1.88. The predicted molar refractivity (Wildman–Crippen MR) is 123 cm³/mol. The van der Waals surface area contributed by atoms with Crippen LogP contribution in [0.25, 0.3) is 5.69 Å². The maximum Gasteiger partial charge on any atom is 0.319 e. The van der Waals surface area contributed by atoms with Crippen LogP contribution in [0.1, 0.15) is 28.5 Å². The summed E-state index contributed by atoms with van der Waals surface area (Å²) in [7, 11) is 3.18. The van der Waals surface area contributed by atoms with Crippen molar-refractivity contribution < 1.29 is 9.47 Å². The van der Waals surface area contributed by atoms with Crippen molar-refractivity contribution in [2.45, 2.75) is 19.8 Å². The Hall–Kier alpha value is -3.16. The molecule has 0 bridgehead atoms. The molecule has 0 spiro atoms. The summed E-state index contributed by atoms with van der Waals surface area (Å²) >= 11 is 12.3. The van der Waals surface area contributed by atoms with Crippen molar-refractivity contribution in [1.82, 2.24) is 24.5 Å². The maximum absolute atomic E-state index is 6.32. The van der Waals surface area contributed by atoms with Crippen LogP contribution in [-0.2, 0) is 12.8 Å². The van der Waals surface area contributed by atoms with E-state index in [-0.39, 0.29) is 6.01 Å². The first kappa shape index (κ1) is 22.0. The van der Waals surface area contributed by atoms with Crippen LogP contribution in [0.5, 0.6) is 11.8 Å². The highest BCUT2D eigenvalue weighted by Crippen LogP contribution is 2.26. The Morgan fingerprint density at radius 2 is 1.69 bits per heavy atom. The highest BCUT2D eigenvalue weighted by molar-refractivity contribution is 6.35. The Morgan fingerprint density at radius 3 is 2.34 bits per heavy atom. The van der Waals surface area contributed by atoms with Crippen LogP contribution >= 0.6 is 23.2 Å². The fraction of sp³-hybridized carbons (Fsp3) is 0.217. The average molecular weight is 470 g/mol. The number of hydrogen-bond donors (Lipinski definition) is 0. The van der Waals surface area contributed by atoms with Crippen LogP contribution in [0.15, 0.2) is 48.9 Å². The zero-order chi connectivity index (χ0) is 22.7. The van der Waals surface area contributed by atoms with Gasteiger partial charge in [0.1, 0.15) is 17.4 Å². The summed E-state index contributed by atoms with van der Waals surface area (Å²) in [4.78, 5) is 17.7. The van der Waals surface area contributed by atoms with Crippen molar-refractivity contribution in [3.8, 4) is 17.4 Å². The second-order valence-electron chi connectivity index (χ2n) is 7.17. The van der Waals surface area contributed by atoms with E-state index in [1.165, 1.54) is 7.11 Å². The smallest absolute Gasteiger partial charge is 0.319 e. The summed E-state index contributed by atoms with van der Waals surface area (Å²) < 4.78 is 12.8. The number of methoxy groups -OCH3 is 2.